The summed E-state index contributed by atoms with van der Waals surface area (Å²) in [4.78, 5) is 7.23. The Morgan fingerprint density at radius 2 is 1.70 bits per heavy atom. The number of hydrogen-bond donors (Lipinski definition) is 1. The van der Waals surface area contributed by atoms with E-state index in [9.17, 15) is 22.0 Å². The van der Waals surface area contributed by atoms with Gasteiger partial charge in [-0.3, -0.25) is 10.1 Å². The summed E-state index contributed by atoms with van der Waals surface area (Å²) >= 11 is 0. The Kier molecular flexibility index (Phi) is 8.99. The normalized spacial score (nSPS) is 10.9. The van der Waals surface area contributed by atoms with Crippen LogP contribution >= 0.6 is 0 Å². The van der Waals surface area contributed by atoms with Gasteiger partial charge in [0, 0.05) is 17.8 Å². The van der Waals surface area contributed by atoms with E-state index in [1.54, 1.807) is 23.0 Å². The van der Waals surface area contributed by atoms with Crippen LogP contribution in [0.25, 0.3) is 22.8 Å². The number of aromatic amines is 1. The Hall–Kier alpha value is -3.79. The third-order valence-corrected chi connectivity index (χ3v) is 4.83. The quantitative estimate of drug-likeness (QED) is 0.253. The number of nitrogens with zero attached hydrogens (tertiary/aromatic N) is 6. The van der Waals surface area contributed by atoms with Gasteiger partial charge < -0.3 is 0 Å². The summed E-state index contributed by atoms with van der Waals surface area (Å²) in [7, 11) is 0. The van der Waals surface area contributed by atoms with Crippen LogP contribution in [0.15, 0.2) is 73.1 Å². The number of pyridine rings is 1. The Morgan fingerprint density at radius 3 is 2.35 bits per heavy atom. The van der Waals surface area contributed by atoms with Crippen molar-refractivity contribution in [2.45, 2.75) is 19.6 Å². The van der Waals surface area contributed by atoms with Crippen molar-refractivity contribution in [3.8, 4) is 22.8 Å². The number of hydrogen-bond acceptors (Lipinski definition) is 5. The predicted octanol–water partition coefficient (Wildman–Crippen LogP) is 5.46. The van der Waals surface area contributed by atoms with Gasteiger partial charge in [0.15, 0.2) is 5.82 Å². The first-order chi connectivity index (χ1) is 17.2. The fourth-order valence-corrected chi connectivity index (χ4v) is 3.13. The smallest absolute Gasteiger partial charge is 0.255 e. The molecule has 0 fully saturated rings. The molecule has 0 amide bonds. The Labute approximate surface area is 222 Å². The van der Waals surface area contributed by atoms with Gasteiger partial charge >= 0.3 is 27.2 Å². The minimum Gasteiger partial charge on any atom is -0.255 e. The molecule has 0 radical (unpaired) electrons. The van der Waals surface area contributed by atoms with Gasteiger partial charge in [-0.15, -0.1) is 5.10 Å². The molecule has 37 heavy (non-hydrogen) atoms. The van der Waals surface area contributed by atoms with Gasteiger partial charge in [-0.05, 0) is 42.3 Å². The molecule has 5 rings (SSSR count). The van der Waals surface area contributed by atoms with Gasteiger partial charge in [-0.2, -0.15) is 18.3 Å². The molecule has 0 saturated carbocycles. The van der Waals surface area contributed by atoms with E-state index in [4.69, 9.17) is 0 Å². The van der Waals surface area contributed by atoms with Gasteiger partial charge in [0.05, 0.1) is 12.7 Å². The van der Waals surface area contributed by atoms with Gasteiger partial charge in [-0.1, -0.05) is 35.5 Å². The number of alkyl halides is 3. The Morgan fingerprint density at radius 1 is 0.946 bits per heavy atom. The van der Waals surface area contributed by atoms with E-state index in [-0.39, 0.29) is 32.5 Å². The van der Waals surface area contributed by atoms with Crippen LogP contribution in [-0.2, 0) is 33.8 Å². The number of aromatic nitrogens is 7. The van der Waals surface area contributed by atoms with Crippen molar-refractivity contribution in [3.63, 3.8) is 0 Å². The predicted molar refractivity (Wildman–Crippen MR) is 120 cm³/mol. The fourth-order valence-electron chi connectivity index (χ4n) is 3.13. The average Bonchev–Trinajstić information content (AvgIpc) is 3.51. The van der Waals surface area contributed by atoms with E-state index in [1.807, 2.05) is 42.4 Å². The van der Waals surface area contributed by atoms with Crippen molar-refractivity contribution in [3.05, 3.63) is 102 Å². The van der Waals surface area contributed by atoms with Crippen LogP contribution in [0.5, 0.6) is 0 Å². The molecule has 0 saturated heterocycles. The van der Waals surface area contributed by atoms with Crippen LogP contribution < -0.4 is 0 Å². The largest absolute Gasteiger partial charge is 2.00 e. The van der Waals surface area contributed by atoms with E-state index >= 15 is 0 Å². The zero-order valence-corrected chi connectivity index (χ0v) is 21.3. The first-order valence-corrected chi connectivity index (χ1v) is 10.5. The molecule has 3 aromatic heterocycles. The van der Waals surface area contributed by atoms with Gasteiger partial charge in [0.2, 0.25) is 5.82 Å². The zero-order chi connectivity index (χ0) is 25.7. The third kappa shape index (κ3) is 7.36. The standard InChI is InChI=1S/C15H11F2N3.C9H7F3N4.Pt/c16-12-6-7-13(14(17)8-12)15-10-20(19-18-15)9-11-4-2-1-3-5-11;1-5-2-3-13-6(4-5)7-14-8(16-15-7)9(10,11)12;/h1-8,10H,9H2;2-4H,1H3,(H,14,15,16);/q;;+2. The molecule has 0 aliphatic rings. The maximum Gasteiger partial charge on any atom is 2.00 e. The summed E-state index contributed by atoms with van der Waals surface area (Å²) in [5.41, 5.74) is 2.89. The zero-order valence-electron chi connectivity index (χ0n) is 19.0. The molecule has 13 heteroatoms. The first-order valence-electron chi connectivity index (χ1n) is 10.5. The van der Waals surface area contributed by atoms with Crippen molar-refractivity contribution < 1.29 is 43.0 Å². The van der Waals surface area contributed by atoms with Crippen LogP contribution in [0.3, 0.4) is 0 Å². The third-order valence-electron chi connectivity index (χ3n) is 4.83. The second kappa shape index (κ2) is 12.0. The molecule has 5 aromatic rings. The number of aryl methyl sites for hydroxylation is 1. The molecule has 7 nitrogen and oxygen atoms in total. The first kappa shape index (κ1) is 27.8. The van der Waals surface area contributed by atoms with Gasteiger partial charge in [0.25, 0.3) is 0 Å². The number of halogens is 5. The van der Waals surface area contributed by atoms with Crippen molar-refractivity contribution in [1.29, 1.82) is 0 Å². The SMILES string of the molecule is Cc1ccnc(-c2n[nH]c(C(F)(F)F)n2)c1.Fc1ccc(-c2cn(Cc3ccccc3)nn2)c(F)c1.[Pt+2]. The van der Waals surface area contributed by atoms with Crippen molar-refractivity contribution in [2.75, 3.05) is 0 Å². The number of benzene rings is 2. The molecule has 0 aliphatic carbocycles. The Bertz CT molecular complexity index is 1450. The molecule has 0 bridgehead atoms. The van der Waals surface area contributed by atoms with Crippen LogP contribution in [-0.4, -0.2) is 35.2 Å². The molecule has 0 unspecified atom stereocenters. The minimum absolute atomic E-state index is 0. The molecular weight excluding hydrogens is 676 g/mol. The summed E-state index contributed by atoms with van der Waals surface area (Å²) in [6.07, 6.45) is -1.38. The summed E-state index contributed by atoms with van der Waals surface area (Å²) in [5.74, 6) is -2.43. The number of H-pyrrole nitrogens is 1. The van der Waals surface area contributed by atoms with Crippen molar-refractivity contribution in [2.24, 2.45) is 0 Å². The summed E-state index contributed by atoms with van der Waals surface area (Å²) in [5, 5.41) is 13.2. The molecular formula is C24H18F5N7Pt+2. The van der Waals surface area contributed by atoms with Crippen LogP contribution in [0.4, 0.5) is 22.0 Å². The van der Waals surface area contributed by atoms with Crippen molar-refractivity contribution >= 4 is 0 Å². The monoisotopic (exact) mass is 694 g/mol. The minimum atomic E-state index is -4.52. The van der Waals surface area contributed by atoms with Crippen molar-refractivity contribution in [1.82, 2.24) is 35.2 Å². The maximum absolute atomic E-state index is 13.7. The summed E-state index contributed by atoms with van der Waals surface area (Å²) in [6.45, 7) is 2.36. The van der Waals surface area contributed by atoms with E-state index in [0.717, 1.165) is 17.2 Å². The molecule has 0 atom stereocenters. The average molecular weight is 695 g/mol. The van der Waals surface area contributed by atoms with Gasteiger partial charge in [0.1, 0.15) is 23.0 Å². The van der Waals surface area contributed by atoms with E-state index in [0.29, 0.717) is 17.9 Å². The van der Waals surface area contributed by atoms with E-state index < -0.39 is 23.6 Å². The van der Waals surface area contributed by atoms with E-state index in [2.05, 4.69) is 25.4 Å². The molecule has 0 aliphatic heterocycles. The maximum atomic E-state index is 13.7. The molecule has 0 spiro atoms. The topological polar surface area (TPSA) is 85.2 Å². The molecule has 3 heterocycles. The summed E-state index contributed by atoms with van der Waals surface area (Å²) < 4.78 is 64.9. The summed E-state index contributed by atoms with van der Waals surface area (Å²) in [6, 6.07) is 16.5. The second-order valence-corrected chi connectivity index (χ2v) is 7.63. The Balaban J connectivity index is 0.000000205. The number of rotatable bonds is 4. The molecule has 2 aromatic carbocycles. The molecule has 192 valence electrons. The molecule has 1 N–H and O–H groups in total. The second-order valence-electron chi connectivity index (χ2n) is 7.63. The van der Waals surface area contributed by atoms with Crippen LogP contribution in [0.2, 0.25) is 0 Å². The van der Waals surface area contributed by atoms with E-state index in [1.165, 1.54) is 18.3 Å². The van der Waals surface area contributed by atoms with Gasteiger partial charge in [-0.25, -0.2) is 18.4 Å². The number of nitrogens with one attached hydrogen (secondary N) is 1. The van der Waals surface area contributed by atoms with Crippen LogP contribution in [0.1, 0.15) is 17.0 Å². The van der Waals surface area contributed by atoms with Crippen LogP contribution in [0, 0.1) is 18.6 Å². The fraction of sp³-hybridized carbons (Fsp3) is 0.125.